The average molecular weight is 444 g/mol. The van der Waals surface area contributed by atoms with Gasteiger partial charge in [-0.25, -0.2) is 4.98 Å². The Labute approximate surface area is 193 Å². The Morgan fingerprint density at radius 1 is 1.09 bits per heavy atom. The van der Waals surface area contributed by atoms with Crippen LogP contribution in [-0.2, 0) is 18.2 Å². The summed E-state index contributed by atoms with van der Waals surface area (Å²) in [6.45, 7) is 7.53. The van der Waals surface area contributed by atoms with Gasteiger partial charge in [-0.2, -0.15) is 5.10 Å². The molecule has 0 N–H and O–H groups in total. The van der Waals surface area contributed by atoms with Crippen LogP contribution in [0.1, 0.15) is 46.8 Å². The van der Waals surface area contributed by atoms with Gasteiger partial charge in [-0.15, -0.1) is 0 Å². The molecular weight excluding hydrogens is 414 g/mol. The van der Waals surface area contributed by atoms with E-state index in [0.29, 0.717) is 25.0 Å². The molecule has 0 bridgehead atoms. The number of hydrogen-bond donors (Lipinski definition) is 0. The highest BCUT2D eigenvalue weighted by Crippen LogP contribution is 2.26. The van der Waals surface area contributed by atoms with E-state index in [2.05, 4.69) is 35.0 Å². The van der Waals surface area contributed by atoms with E-state index in [1.807, 2.05) is 43.2 Å². The topological polar surface area (TPSA) is 74.8 Å². The van der Waals surface area contributed by atoms with Crippen molar-refractivity contribution in [3.8, 4) is 11.3 Å². The second-order valence-electron chi connectivity index (χ2n) is 9.01. The van der Waals surface area contributed by atoms with Crippen molar-refractivity contribution in [3.05, 3.63) is 75.2 Å². The Hall–Kier alpha value is -3.32. The first-order chi connectivity index (χ1) is 15.9. The smallest absolute Gasteiger partial charge is 0.261 e. The highest BCUT2D eigenvalue weighted by atomic mass is 16.5. The lowest BCUT2D eigenvalue weighted by Crippen LogP contribution is -2.29. The van der Waals surface area contributed by atoms with Gasteiger partial charge < -0.3 is 4.74 Å². The fraction of sp³-hybridized carbons (Fsp3) is 0.385. The van der Waals surface area contributed by atoms with Crippen molar-refractivity contribution >= 4 is 10.9 Å². The van der Waals surface area contributed by atoms with Crippen LogP contribution in [0.2, 0.25) is 0 Å². The lowest BCUT2D eigenvalue weighted by atomic mass is 9.95. The molecule has 3 aromatic heterocycles. The molecule has 0 atom stereocenters. The summed E-state index contributed by atoms with van der Waals surface area (Å²) in [5.74, 6) is 0. The van der Waals surface area contributed by atoms with Crippen molar-refractivity contribution in [1.82, 2.24) is 24.3 Å². The van der Waals surface area contributed by atoms with Crippen LogP contribution in [0, 0.1) is 20.8 Å². The first-order valence-corrected chi connectivity index (χ1v) is 11.5. The molecule has 0 spiro atoms. The number of fused-ring (bicyclic) bond motifs is 1. The Kier molecular flexibility index (Phi) is 5.58. The standard InChI is InChI=1S/C26H29N5O2/c1-16-17(2)25-22(26(32)31(15-28-25)21-7-9-33-10-8-21)12-20(16)11-19-5-6-24(27-13-19)23-14-30(4)29-18(23)3/h5-6,12-15,21H,7-11H2,1-4H3. The van der Waals surface area contributed by atoms with Crippen LogP contribution >= 0.6 is 0 Å². The number of rotatable bonds is 4. The normalized spacial score (nSPS) is 14.8. The van der Waals surface area contributed by atoms with Crippen molar-refractivity contribution in [1.29, 1.82) is 0 Å². The molecule has 0 saturated carbocycles. The number of benzene rings is 1. The van der Waals surface area contributed by atoms with Crippen molar-refractivity contribution < 1.29 is 4.74 Å². The van der Waals surface area contributed by atoms with Crippen molar-refractivity contribution in [2.45, 2.75) is 46.1 Å². The number of hydrogen-bond acceptors (Lipinski definition) is 5. The monoisotopic (exact) mass is 443 g/mol. The van der Waals surface area contributed by atoms with E-state index in [4.69, 9.17) is 4.74 Å². The van der Waals surface area contributed by atoms with Gasteiger partial charge >= 0.3 is 0 Å². The van der Waals surface area contributed by atoms with Gasteiger partial charge in [-0.1, -0.05) is 6.07 Å². The minimum Gasteiger partial charge on any atom is -0.381 e. The summed E-state index contributed by atoms with van der Waals surface area (Å²) in [5.41, 5.74) is 8.24. The third-order valence-electron chi connectivity index (χ3n) is 6.84. The number of ether oxygens (including phenoxy) is 1. The van der Waals surface area contributed by atoms with E-state index >= 15 is 0 Å². The fourth-order valence-electron chi connectivity index (χ4n) is 4.78. The largest absolute Gasteiger partial charge is 0.381 e. The van der Waals surface area contributed by atoms with Crippen LogP contribution in [0.4, 0.5) is 0 Å². The van der Waals surface area contributed by atoms with Gasteiger partial charge in [0.25, 0.3) is 5.56 Å². The van der Waals surface area contributed by atoms with Gasteiger partial charge in [0.05, 0.1) is 28.6 Å². The second-order valence-corrected chi connectivity index (χ2v) is 9.01. The maximum atomic E-state index is 13.4. The van der Waals surface area contributed by atoms with Crippen LogP contribution in [0.5, 0.6) is 0 Å². The third-order valence-corrected chi connectivity index (χ3v) is 6.84. The van der Waals surface area contributed by atoms with Gasteiger partial charge in [0, 0.05) is 44.3 Å². The Morgan fingerprint density at radius 2 is 1.88 bits per heavy atom. The van der Waals surface area contributed by atoms with E-state index < -0.39 is 0 Å². The molecule has 0 unspecified atom stereocenters. The summed E-state index contributed by atoms with van der Waals surface area (Å²) < 4.78 is 9.08. The number of nitrogens with zero attached hydrogens (tertiary/aromatic N) is 5. The number of aromatic nitrogens is 5. The molecular formula is C26H29N5O2. The Morgan fingerprint density at radius 3 is 2.55 bits per heavy atom. The predicted molar refractivity (Wildman–Crippen MR) is 129 cm³/mol. The zero-order chi connectivity index (χ0) is 23.1. The molecule has 1 aliphatic heterocycles. The number of pyridine rings is 1. The molecule has 1 aliphatic rings. The van der Waals surface area contributed by atoms with E-state index in [9.17, 15) is 4.79 Å². The first-order valence-electron chi connectivity index (χ1n) is 11.5. The van der Waals surface area contributed by atoms with E-state index in [0.717, 1.165) is 52.0 Å². The number of aryl methyl sites for hydroxylation is 3. The molecule has 170 valence electrons. The highest BCUT2D eigenvalue weighted by Gasteiger charge is 2.20. The van der Waals surface area contributed by atoms with Crippen LogP contribution in [0.15, 0.2) is 41.7 Å². The fourth-order valence-corrected chi connectivity index (χ4v) is 4.78. The molecule has 4 heterocycles. The molecule has 0 radical (unpaired) electrons. The molecule has 7 heteroatoms. The molecule has 7 nitrogen and oxygen atoms in total. The van der Waals surface area contributed by atoms with Crippen molar-refractivity contribution in [2.75, 3.05) is 13.2 Å². The van der Waals surface area contributed by atoms with Crippen LogP contribution in [0.25, 0.3) is 22.2 Å². The van der Waals surface area contributed by atoms with E-state index in [1.54, 1.807) is 10.9 Å². The zero-order valence-electron chi connectivity index (χ0n) is 19.6. The molecule has 33 heavy (non-hydrogen) atoms. The maximum absolute atomic E-state index is 13.4. The molecule has 0 amide bonds. The van der Waals surface area contributed by atoms with Gasteiger partial charge in [0.15, 0.2) is 0 Å². The molecule has 1 fully saturated rings. The summed E-state index contributed by atoms with van der Waals surface area (Å²) in [5, 5.41) is 5.10. The van der Waals surface area contributed by atoms with Gasteiger partial charge in [0.2, 0.25) is 0 Å². The summed E-state index contributed by atoms with van der Waals surface area (Å²) in [7, 11) is 1.92. The highest BCUT2D eigenvalue weighted by molar-refractivity contribution is 5.83. The van der Waals surface area contributed by atoms with Crippen molar-refractivity contribution in [3.63, 3.8) is 0 Å². The maximum Gasteiger partial charge on any atom is 0.261 e. The molecule has 1 saturated heterocycles. The van der Waals surface area contributed by atoms with Crippen molar-refractivity contribution in [2.24, 2.45) is 7.05 Å². The Bertz CT molecular complexity index is 1380. The lowest BCUT2D eigenvalue weighted by molar-refractivity contribution is 0.0685. The Balaban J connectivity index is 1.50. The summed E-state index contributed by atoms with van der Waals surface area (Å²) in [6, 6.07) is 6.34. The molecule has 0 aliphatic carbocycles. The summed E-state index contributed by atoms with van der Waals surface area (Å²) in [4.78, 5) is 22.8. The molecule has 4 aromatic rings. The van der Waals surface area contributed by atoms with Crippen LogP contribution in [-0.4, -0.2) is 37.5 Å². The summed E-state index contributed by atoms with van der Waals surface area (Å²) >= 11 is 0. The van der Waals surface area contributed by atoms with Crippen LogP contribution < -0.4 is 5.56 Å². The van der Waals surface area contributed by atoms with E-state index in [1.165, 1.54) is 5.56 Å². The van der Waals surface area contributed by atoms with Gasteiger partial charge in [-0.3, -0.25) is 19.0 Å². The molecule has 5 rings (SSSR count). The molecule has 1 aromatic carbocycles. The first kappa shape index (κ1) is 21.5. The van der Waals surface area contributed by atoms with Gasteiger partial charge in [0.1, 0.15) is 0 Å². The minimum absolute atomic E-state index is 0.0387. The van der Waals surface area contributed by atoms with E-state index in [-0.39, 0.29) is 11.6 Å². The third kappa shape index (κ3) is 3.97. The SMILES string of the molecule is Cc1nn(C)cc1-c1ccc(Cc2cc3c(=O)n(C4CCOCC4)cnc3c(C)c2C)cn1. The minimum atomic E-state index is 0.0387. The summed E-state index contributed by atoms with van der Waals surface area (Å²) in [6.07, 6.45) is 8.04. The lowest BCUT2D eigenvalue weighted by Gasteiger charge is -2.24. The zero-order valence-corrected chi connectivity index (χ0v) is 19.6. The van der Waals surface area contributed by atoms with Gasteiger partial charge in [-0.05, 0) is 74.4 Å². The average Bonchev–Trinajstić information content (AvgIpc) is 3.16. The second kappa shape index (κ2) is 8.56. The van der Waals surface area contributed by atoms with Crippen LogP contribution in [0.3, 0.4) is 0 Å². The quantitative estimate of drug-likeness (QED) is 0.476. The predicted octanol–water partition coefficient (Wildman–Crippen LogP) is 4.06.